The van der Waals surface area contributed by atoms with Crippen molar-refractivity contribution in [1.82, 2.24) is 15.3 Å². The molecule has 3 rings (SSSR count). The number of fused-ring (bicyclic) bond motifs is 1. The number of ether oxygens (including phenoxy) is 1. The van der Waals surface area contributed by atoms with Gasteiger partial charge >= 0.3 is 0 Å². The number of carbonyl (C=O) groups is 2. The third-order valence-electron chi connectivity index (χ3n) is 3.87. The number of hydrogen-bond donors (Lipinski definition) is 3. The highest BCUT2D eigenvalue weighted by atomic mass is 16.5. The average molecular weight is 314 g/mol. The minimum atomic E-state index is -0.504. The Balaban J connectivity index is 1.72. The first-order valence-electron chi connectivity index (χ1n) is 7.40. The SMILES string of the molecule is COc1cccc2c1NC(=O)C[C@H]2C(=O)NCCc1cnc[nH]1. The first-order valence-corrected chi connectivity index (χ1v) is 7.40. The van der Waals surface area contributed by atoms with Crippen LogP contribution in [0.2, 0.25) is 0 Å². The van der Waals surface area contributed by atoms with Crippen LogP contribution in [0.5, 0.6) is 5.75 Å². The number of methoxy groups -OCH3 is 1. The Kier molecular flexibility index (Phi) is 4.27. The molecule has 0 saturated heterocycles. The molecule has 7 heteroatoms. The van der Waals surface area contributed by atoms with Gasteiger partial charge in [0.1, 0.15) is 5.75 Å². The molecule has 120 valence electrons. The van der Waals surface area contributed by atoms with E-state index in [4.69, 9.17) is 4.74 Å². The lowest BCUT2D eigenvalue weighted by Gasteiger charge is -2.26. The van der Waals surface area contributed by atoms with Crippen molar-refractivity contribution < 1.29 is 14.3 Å². The number of para-hydroxylation sites is 1. The predicted molar refractivity (Wildman–Crippen MR) is 84.3 cm³/mol. The van der Waals surface area contributed by atoms with E-state index in [0.717, 1.165) is 11.3 Å². The van der Waals surface area contributed by atoms with Crippen LogP contribution in [0.1, 0.15) is 23.6 Å². The molecule has 3 N–H and O–H groups in total. The van der Waals surface area contributed by atoms with Crippen LogP contribution < -0.4 is 15.4 Å². The van der Waals surface area contributed by atoms with E-state index in [9.17, 15) is 9.59 Å². The summed E-state index contributed by atoms with van der Waals surface area (Å²) >= 11 is 0. The van der Waals surface area contributed by atoms with Crippen molar-refractivity contribution in [3.8, 4) is 5.75 Å². The van der Waals surface area contributed by atoms with E-state index < -0.39 is 5.92 Å². The molecule has 2 heterocycles. The standard InChI is InChI=1S/C16H18N4O3/c1-23-13-4-2-3-11-12(7-14(21)20-15(11)13)16(22)18-6-5-10-8-17-9-19-10/h2-4,8-9,12H,5-7H2,1H3,(H,17,19)(H,18,22)(H,20,21)/t12-/m1/s1. The second kappa shape index (κ2) is 6.51. The fourth-order valence-corrected chi connectivity index (χ4v) is 2.73. The smallest absolute Gasteiger partial charge is 0.228 e. The van der Waals surface area contributed by atoms with E-state index in [1.807, 2.05) is 12.1 Å². The summed E-state index contributed by atoms with van der Waals surface area (Å²) in [5, 5.41) is 5.67. The first kappa shape index (κ1) is 15.1. The van der Waals surface area contributed by atoms with Crippen LogP contribution in [0.4, 0.5) is 5.69 Å². The van der Waals surface area contributed by atoms with Crippen LogP contribution in [0.3, 0.4) is 0 Å². The van der Waals surface area contributed by atoms with Gasteiger partial charge < -0.3 is 20.4 Å². The number of anilines is 1. The van der Waals surface area contributed by atoms with Crippen LogP contribution >= 0.6 is 0 Å². The quantitative estimate of drug-likeness (QED) is 0.773. The Morgan fingerprint density at radius 1 is 1.48 bits per heavy atom. The Hall–Kier alpha value is -2.83. The fraction of sp³-hybridized carbons (Fsp3) is 0.312. The maximum atomic E-state index is 12.5. The van der Waals surface area contributed by atoms with Gasteiger partial charge in [-0.25, -0.2) is 4.98 Å². The van der Waals surface area contributed by atoms with E-state index in [0.29, 0.717) is 24.4 Å². The van der Waals surface area contributed by atoms with E-state index in [2.05, 4.69) is 20.6 Å². The van der Waals surface area contributed by atoms with Gasteiger partial charge in [0.2, 0.25) is 11.8 Å². The summed E-state index contributed by atoms with van der Waals surface area (Å²) in [5.74, 6) is -0.286. The second-order valence-electron chi connectivity index (χ2n) is 5.35. The lowest BCUT2D eigenvalue weighted by Crippen LogP contribution is -2.36. The number of carbonyl (C=O) groups excluding carboxylic acids is 2. The summed E-state index contributed by atoms with van der Waals surface area (Å²) in [6.07, 6.45) is 4.12. The number of rotatable bonds is 5. The molecule has 0 unspecified atom stereocenters. The summed E-state index contributed by atoms with van der Waals surface area (Å²) < 4.78 is 5.26. The van der Waals surface area contributed by atoms with Crippen LogP contribution in [-0.2, 0) is 16.0 Å². The summed E-state index contributed by atoms with van der Waals surface area (Å²) in [4.78, 5) is 31.3. The van der Waals surface area contributed by atoms with Gasteiger partial charge in [0.05, 0.1) is 25.0 Å². The van der Waals surface area contributed by atoms with E-state index in [1.54, 1.807) is 18.6 Å². The normalized spacial score (nSPS) is 16.4. The van der Waals surface area contributed by atoms with Crippen molar-refractivity contribution in [3.63, 3.8) is 0 Å². The van der Waals surface area contributed by atoms with Crippen LogP contribution in [0, 0.1) is 0 Å². The lowest BCUT2D eigenvalue weighted by atomic mass is 9.89. The highest BCUT2D eigenvalue weighted by Gasteiger charge is 2.32. The average Bonchev–Trinajstić information content (AvgIpc) is 3.06. The molecular formula is C16H18N4O3. The van der Waals surface area contributed by atoms with E-state index in [1.165, 1.54) is 7.11 Å². The summed E-state index contributed by atoms with van der Waals surface area (Å²) in [6.45, 7) is 0.485. The molecule has 0 fully saturated rings. The molecule has 0 spiro atoms. The minimum absolute atomic E-state index is 0.135. The summed E-state index contributed by atoms with van der Waals surface area (Å²) in [6, 6.07) is 5.42. The Labute approximate surface area is 133 Å². The van der Waals surface area contributed by atoms with Gasteiger partial charge in [-0.3, -0.25) is 9.59 Å². The Morgan fingerprint density at radius 2 is 2.35 bits per heavy atom. The zero-order valence-electron chi connectivity index (χ0n) is 12.8. The summed E-state index contributed by atoms with van der Waals surface area (Å²) in [5.41, 5.74) is 2.32. The monoisotopic (exact) mass is 314 g/mol. The number of aromatic amines is 1. The second-order valence-corrected chi connectivity index (χ2v) is 5.35. The minimum Gasteiger partial charge on any atom is -0.495 e. The molecule has 0 radical (unpaired) electrons. The van der Waals surface area contributed by atoms with Gasteiger partial charge in [-0.2, -0.15) is 0 Å². The van der Waals surface area contributed by atoms with Gasteiger partial charge in [0, 0.05) is 31.3 Å². The molecule has 1 aromatic carbocycles. The van der Waals surface area contributed by atoms with Crippen molar-refractivity contribution in [1.29, 1.82) is 0 Å². The molecule has 23 heavy (non-hydrogen) atoms. The molecule has 1 atom stereocenters. The third-order valence-corrected chi connectivity index (χ3v) is 3.87. The van der Waals surface area contributed by atoms with Gasteiger partial charge in [-0.05, 0) is 11.6 Å². The number of aromatic nitrogens is 2. The number of amides is 2. The number of hydrogen-bond acceptors (Lipinski definition) is 4. The van der Waals surface area contributed by atoms with Gasteiger partial charge in [-0.1, -0.05) is 12.1 Å². The molecule has 0 saturated carbocycles. The van der Waals surface area contributed by atoms with Crippen molar-refractivity contribution >= 4 is 17.5 Å². The number of nitrogens with zero attached hydrogens (tertiary/aromatic N) is 1. The lowest BCUT2D eigenvalue weighted by molar-refractivity contribution is -0.126. The number of imidazole rings is 1. The third kappa shape index (κ3) is 3.18. The molecule has 1 aromatic heterocycles. The highest BCUT2D eigenvalue weighted by Crippen LogP contribution is 2.38. The van der Waals surface area contributed by atoms with Crippen molar-refractivity contribution in [3.05, 3.63) is 42.0 Å². The van der Waals surface area contributed by atoms with Crippen LogP contribution in [-0.4, -0.2) is 35.4 Å². The van der Waals surface area contributed by atoms with Crippen molar-refractivity contribution in [2.24, 2.45) is 0 Å². The zero-order valence-corrected chi connectivity index (χ0v) is 12.8. The molecular weight excluding hydrogens is 296 g/mol. The summed E-state index contributed by atoms with van der Waals surface area (Å²) in [7, 11) is 1.54. The number of H-pyrrole nitrogens is 1. The zero-order chi connectivity index (χ0) is 16.2. The Morgan fingerprint density at radius 3 is 3.09 bits per heavy atom. The van der Waals surface area contributed by atoms with Crippen molar-refractivity contribution in [2.75, 3.05) is 19.0 Å². The molecule has 0 aliphatic carbocycles. The van der Waals surface area contributed by atoms with Gasteiger partial charge in [-0.15, -0.1) is 0 Å². The molecule has 7 nitrogen and oxygen atoms in total. The van der Waals surface area contributed by atoms with E-state index >= 15 is 0 Å². The molecule has 2 aromatic rings. The number of nitrogens with one attached hydrogen (secondary N) is 3. The Bertz CT molecular complexity index is 712. The fourth-order valence-electron chi connectivity index (χ4n) is 2.73. The van der Waals surface area contributed by atoms with Gasteiger partial charge in [0.15, 0.2) is 0 Å². The topological polar surface area (TPSA) is 96.1 Å². The molecule has 0 bridgehead atoms. The largest absolute Gasteiger partial charge is 0.495 e. The van der Waals surface area contributed by atoms with E-state index in [-0.39, 0.29) is 18.2 Å². The first-order chi connectivity index (χ1) is 11.2. The van der Waals surface area contributed by atoms with Crippen LogP contribution in [0.25, 0.3) is 0 Å². The van der Waals surface area contributed by atoms with Gasteiger partial charge in [0.25, 0.3) is 0 Å². The predicted octanol–water partition coefficient (Wildman–Crippen LogP) is 1.20. The molecule has 1 aliphatic rings. The number of benzene rings is 1. The van der Waals surface area contributed by atoms with Crippen molar-refractivity contribution in [2.45, 2.75) is 18.8 Å². The molecule has 2 amide bonds. The highest BCUT2D eigenvalue weighted by molar-refractivity contribution is 6.02. The molecule has 1 aliphatic heterocycles. The van der Waals surface area contributed by atoms with Crippen LogP contribution in [0.15, 0.2) is 30.7 Å². The maximum Gasteiger partial charge on any atom is 0.228 e. The maximum absolute atomic E-state index is 12.5.